The number of aromatic nitrogens is 2. The van der Waals surface area contributed by atoms with Gasteiger partial charge in [-0.25, -0.2) is 14.8 Å². The van der Waals surface area contributed by atoms with E-state index in [1.54, 1.807) is 0 Å². The Morgan fingerprint density at radius 2 is 2.00 bits per heavy atom. The number of nitrogens with one attached hydrogen (secondary N) is 1. The molecule has 2 aliphatic heterocycles. The van der Waals surface area contributed by atoms with Gasteiger partial charge in [0, 0.05) is 31.1 Å². The molecule has 156 valence electrons. The molecule has 7 nitrogen and oxygen atoms in total. The van der Waals surface area contributed by atoms with Crippen molar-refractivity contribution in [2.75, 3.05) is 31.6 Å². The highest BCUT2D eigenvalue weighted by atomic mass is 16.5. The summed E-state index contributed by atoms with van der Waals surface area (Å²) < 4.78 is 4.77. The predicted molar refractivity (Wildman–Crippen MR) is 112 cm³/mol. The van der Waals surface area contributed by atoms with E-state index in [-0.39, 0.29) is 11.9 Å². The van der Waals surface area contributed by atoms with E-state index in [0.29, 0.717) is 29.6 Å². The summed E-state index contributed by atoms with van der Waals surface area (Å²) in [6.45, 7) is 2.52. The second kappa shape index (κ2) is 7.70. The van der Waals surface area contributed by atoms with Crippen LogP contribution in [0.5, 0.6) is 0 Å². The number of carbonyl (C=O) groups is 2. The van der Waals surface area contributed by atoms with Crippen molar-refractivity contribution < 1.29 is 14.3 Å². The van der Waals surface area contributed by atoms with E-state index >= 15 is 0 Å². The van der Waals surface area contributed by atoms with Gasteiger partial charge >= 0.3 is 5.97 Å². The van der Waals surface area contributed by atoms with Crippen LogP contribution in [0, 0.1) is 5.92 Å². The number of carbonyl (C=O) groups excluding carboxylic acids is 2. The first kappa shape index (κ1) is 19.0. The average molecular weight is 406 g/mol. The number of hydrogen-bond donors (Lipinski definition) is 1. The van der Waals surface area contributed by atoms with Gasteiger partial charge in [-0.1, -0.05) is 12.1 Å². The highest BCUT2D eigenvalue weighted by molar-refractivity contribution is 5.96. The molecular weight excluding hydrogens is 380 g/mol. The summed E-state index contributed by atoms with van der Waals surface area (Å²) in [6, 6.07) is 7.68. The van der Waals surface area contributed by atoms with Gasteiger partial charge in [0.2, 0.25) is 0 Å². The molecule has 0 bridgehead atoms. The van der Waals surface area contributed by atoms with Gasteiger partial charge in [0.05, 0.1) is 12.7 Å². The molecule has 0 spiro atoms. The van der Waals surface area contributed by atoms with Crippen molar-refractivity contribution in [3.63, 3.8) is 0 Å². The van der Waals surface area contributed by atoms with Crippen LogP contribution in [0.1, 0.15) is 63.0 Å². The molecule has 0 radical (unpaired) electrons. The Balaban J connectivity index is 1.33. The van der Waals surface area contributed by atoms with Crippen LogP contribution in [0.3, 0.4) is 0 Å². The van der Waals surface area contributed by atoms with Crippen LogP contribution in [0.15, 0.2) is 24.3 Å². The van der Waals surface area contributed by atoms with Crippen molar-refractivity contribution in [1.82, 2.24) is 15.3 Å². The summed E-state index contributed by atoms with van der Waals surface area (Å²) in [7, 11) is 1.40. The molecule has 1 unspecified atom stereocenters. The van der Waals surface area contributed by atoms with Crippen LogP contribution in [0.25, 0.3) is 0 Å². The van der Waals surface area contributed by atoms with Crippen LogP contribution in [-0.2, 0) is 17.6 Å². The number of esters is 1. The van der Waals surface area contributed by atoms with Gasteiger partial charge in [-0.15, -0.1) is 0 Å². The van der Waals surface area contributed by atoms with Gasteiger partial charge in [0.15, 0.2) is 0 Å². The van der Waals surface area contributed by atoms with E-state index < -0.39 is 0 Å². The Labute approximate surface area is 175 Å². The van der Waals surface area contributed by atoms with E-state index in [0.717, 1.165) is 62.4 Å². The molecular formula is C23H26N4O3. The lowest BCUT2D eigenvalue weighted by Crippen LogP contribution is -2.35. The van der Waals surface area contributed by atoms with Crippen LogP contribution < -0.4 is 10.2 Å². The van der Waals surface area contributed by atoms with Crippen molar-refractivity contribution in [2.45, 2.75) is 38.0 Å². The third-order valence-electron chi connectivity index (χ3n) is 6.31. The number of benzene rings is 1. The smallest absolute Gasteiger partial charge is 0.337 e. The molecule has 1 amide bonds. The van der Waals surface area contributed by atoms with E-state index in [1.165, 1.54) is 12.7 Å². The largest absolute Gasteiger partial charge is 0.465 e. The van der Waals surface area contributed by atoms with Crippen molar-refractivity contribution in [1.29, 1.82) is 0 Å². The van der Waals surface area contributed by atoms with E-state index in [4.69, 9.17) is 9.72 Å². The molecule has 1 aromatic carbocycles. The van der Waals surface area contributed by atoms with E-state index in [9.17, 15) is 9.59 Å². The van der Waals surface area contributed by atoms with Gasteiger partial charge in [-0.3, -0.25) is 4.79 Å². The molecule has 1 saturated carbocycles. The number of rotatable bonds is 5. The van der Waals surface area contributed by atoms with Gasteiger partial charge in [-0.2, -0.15) is 0 Å². The molecule has 1 saturated heterocycles. The highest BCUT2D eigenvalue weighted by Gasteiger charge is 2.34. The molecule has 3 aliphatic rings. The predicted octanol–water partition coefficient (Wildman–Crippen LogP) is 2.50. The fourth-order valence-electron chi connectivity index (χ4n) is 4.50. The number of hydrogen-bond acceptors (Lipinski definition) is 6. The van der Waals surface area contributed by atoms with Crippen LogP contribution in [-0.4, -0.2) is 48.6 Å². The van der Waals surface area contributed by atoms with Gasteiger partial charge in [0.25, 0.3) is 5.91 Å². The summed E-state index contributed by atoms with van der Waals surface area (Å²) >= 11 is 0. The average Bonchev–Trinajstić information content (AvgIpc) is 3.52. The van der Waals surface area contributed by atoms with Crippen molar-refractivity contribution in [3.8, 4) is 0 Å². The number of anilines is 1. The highest BCUT2D eigenvalue weighted by Crippen LogP contribution is 2.40. The van der Waals surface area contributed by atoms with Crippen LogP contribution in [0.2, 0.25) is 0 Å². The minimum atomic E-state index is -0.308. The van der Waals surface area contributed by atoms with E-state index in [1.807, 2.05) is 24.3 Å². The van der Waals surface area contributed by atoms with Gasteiger partial charge < -0.3 is 15.0 Å². The SMILES string of the molecule is COC(=O)c1ccc(CC2CCN(c3nc(C4CC4)nc4c3CCNC4=O)C2)cc1. The minimum Gasteiger partial charge on any atom is -0.465 e. The second-order valence-corrected chi connectivity index (χ2v) is 8.51. The Morgan fingerprint density at radius 3 is 2.73 bits per heavy atom. The van der Waals surface area contributed by atoms with Gasteiger partial charge in [-0.05, 0) is 55.7 Å². The summed E-state index contributed by atoms with van der Waals surface area (Å²) in [5.74, 6) is 2.36. The first-order valence-corrected chi connectivity index (χ1v) is 10.7. The Hall–Kier alpha value is -2.96. The van der Waals surface area contributed by atoms with Crippen LogP contribution in [0.4, 0.5) is 5.82 Å². The number of nitrogens with zero attached hydrogens (tertiary/aromatic N) is 3. The zero-order chi connectivity index (χ0) is 20.7. The zero-order valence-corrected chi connectivity index (χ0v) is 17.2. The minimum absolute atomic E-state index is 0.0664. The fourth-order valence-corrected chi connectivity index (χ4v) is 4.50. The second-order valence-electron chi connectivity index (χ2n) is 8.51. The number of amides is 1. The lowest BCUT2D eigenvalue weighted by molar-refractivity contribution is 0.0600. The molecule has 7 heteroatoms. The zero-order valence-electron chi connectivity index (χ0n) is 17.2. The number of ether oxygens (including phenoxy) is 1. The molecule has 1 aliphatic carbocycles. The standard InChI is InChI=1S/C23H26N4O3/c1-30-23(29)17-4-2-14(3-5-17)12-15-9-11-27(13-15)21-18-8-10-24-22(28)19(18)25-20(26-21)16-6-7-16/h2-5,15-16H,6-13H2,1H3,(H,24,28). The maximum absolute atomic E-state index is 12.4. The monoisotopic (exact) mass is 406 g/mol. The molecule has 3 heterocycles. The Morgan fingerprint density at radius 1 is 1.20 bits per heavy atom. The summed E-state index contributed by atoms with van der Waals surface area (Å²) in [5.41, 5.74) is 3.38. The molecule has 5 rings (SSSR count). The molecule has 1 N–H and O–H groups in total. The molecule has 2 aromatic rings. The van der Waals surface area contributed by atoms with Crippen LogP contribution >= 0.6 is 0 Å². The number of fused-ring (bicyclic) bond motifs is 1. The van der Waals surface area contributed by atoms with E-state index in [2.05, 4.69) is 15.2 Å². The first-order valence-electron chi connectivity index (χ1n) is 10.7. The summed E-state index contributed by atoms with van der Waals surface area (Å²) in [4.78, 5) is 35.9. The van der Waals surface area contributed by atoms with Crippen molar-refractivity contribution >= 4 is 17.7 Å². The Bertz CT molecular complexity index is 985. The van der Waals surface area contributed by atoms with Crippen molar-refractivity contribution in [2.24, 2.45) is 5.92 Å². The third kappa shape index (κ3) is 3.64. The number of methoxy groups -OCH3 is 1. The summed E-state index contributed by atoms with van der Waals surface area (Å²) in [5, 5.41) is 2.92. The summed E-state index contributed by atoms with van der Waals surface area (Å²) in [6.07, 6.45) is 5.06. The normalized spacial score (nSPS) is 20.6. The quantitative estimate of drug-likeness (QED) is 0.768. The maximum atomic E-state index is 12.4. The molecule has 30 heavy (non-hydrogen) atoms. The lowest BCUT2D eigenvalue weighted by atomic mass is 9.98. The third-order valence-corrected chi connectivity index (χ3v) is 6.31. The topological polar surface area (TPSA) is 84.4 Å². The molecule has 1 aromatic heterocycles. The first-order chi connectivity index (χ1) is 14.6. The molecule has 1 atom stereocenters. The lowest BCUT2D eigenvalue weighted by Gasteiger charge is -2.25. The molecule has 2 fully saturated rings. The van der Waals surface area contributed by atoms with Crippen molar-refractivity contribution in [3.05, 3.63) is 52.5 Å². The van der Waals surface area contributed by atoms with Gasteiger partial charge in [0.1, 0.15) is 17.3 Å². The maximum Gasteiger partial charge on any atom is 0.337 e. The fraction of sp³-hybridized carbons (Fsp3) is 0.478. The Kier molecular flexibility index (Phi) is 4.89.